The van der Waals surface area contributed by atoms with Gasteiger partial charge < -0.3 is 14.6 Å². The lowest BCUT2D eigenvalue weighted by Gasteiger charge is -2.27. The summed E-state index contributed by atoms with van der Waals surface area (Å²) in [5, 5.41) is 5.98. The van der Waals surface area contributed by atoms with Crippen LogP contribution in [-0.2, 0) is 15.7 Å². The fraction of sp³-hybridized carbons (Fsp3) is 0.412. The van der Waals surface area contributed by atoms with E-state index in [2.05, 4.69) is 20.0 Å². The quantitative estimate of drug-likeness (QED) is 0.798. The Hall–Kier alpha value is -2.91. The number of rotatable bonds is 5. The Morgan fingerprint density at radius 2 is 1.85 bits per heavy atom. The van der Waals surface area contributed by atoms with Crippen molar-refractivity contribution >= 4 is 11.9 Å². The summed E-state index contributed by atoms with van der Waals surface area (Å²) in [6, 6.07) is 5.59. The third-order valence-electron chi connectivity index (χ3n) is 4.45. The number of aromatic nitrogens is 2. The van der Waals surface area contributed by atoms with Crippen molar-refractivity contribution in [2.24, 2.45) is 5.92 Å². The maximum atomic E-state index is 12.5. The van der Waals surface area contributed by atoms with Gasteiger partial charge in [-0.15, -0.1) is 0 Å². The number of hydrogen-bond acceptors (Lipinski definition) is 6. The van der Waals surface area contributed by atoms with Gasteiger partial charge in [0.05, 0.1) is 7.11 Å². The van der Waals surface area contributed by atoms with Gasteiger partial charge in [0.2, 0.25) is 5.82 Å². The number of nitrogens with one attached hydrogen (secondary N) is 1. The molecule has 1 heterocycles. The minimum atomic E-state index is -4.73. The fourth-order valence-corrected chi connectivity index (χ4v) is 2.73. The molecule has 0 aliphatic heterocycles. The van der Waals surface area contributed by atoms with Crippen LogP contribution in [0.15, 0.2) is 28.8 Å². The van der Waals surface area contributed by atoms with Crippen molar-refractivity contribution in [1.82, 2.24) is 15.5 Å². The molecule has 0 radical (unpaired) electrons. The van der Waals surface area contributed by atoms with Gasteiger partial charge in [0, 0.05) is 11.1 Å². The normalized spacial score (nSPS) is 16.5. The zero-order chi connectivity index (χ0) is 19.8. The number of hydrogen-bond donors (Lipinski definition) is 1. The molecule has 0 spiro atoms. The molecule has 2 aromatic rings. The molecule has 0 bridgehead atoms. The third kappa shape index (κ3) is 3.79. The average Bonchev–Trinajstić information content (AvgIpc) is 3.37. The smallest absolute Gasteiger partial charge is 0.467 e. The van der Waals surface area contributed by atoms with Gasteiger partial charge in [-0.3, -0.25) is 4.79 Å². The van der Waals surface area contributed by atoms with Crippen molar-refractivity contribution in [3.05, 3.63) is 35.7 Å². The summed E-state index contributed by atoms with van der Waals surface area (Å²) in [6.07, 6.45) is -3.11. The van der Waals surface area contributed by atoms with E-state index in [1.54, 1.807) is 6.92 Å². The average molecular weight is 383 g/mol. The van der Waals surface area contributed by atoms with Crippen LogP contribution in [0, 0.1) is 5.92 Å². The van der Waals surface area contributed by atoms with Gasteiger partial charge in [0.25, 0.3) is 5.91 Å². The molecule has 7 nitrogen and oxygen atoms in total. The number of carbonyl (C=O) groups is 2. The van der Waals surface area contributed by atoms with Gasteiger partial charge in [-0.25, -0.2) is 4.79 Å². The summed E-state index contributed by atoms with van der Waals surface area (Å²) in [4.78, 5) is 27.8. The lowest BCUT2D eigenvalue weighted by atomic mass is 9.95. The SMILES string of the molecule is COC(=O)[C@](C)(NC(=O)c1ccc(-c2noc(C(F)(F)F)n2)cc1)C1CC1. The fourth-order valence-electron chi connectivity index (χ4n) is 2.73. The zero-order valence-electron chi connectivity index (χ0n) is 14.5. The largest absolute Gasteiger partial charge is 0.471 e. The number of nitrogens with zero attached hydrogens (tertiary/aromatic N) is 2. The third-order valence-corrected chi connectivity index (χ3v) is 4.45. The van der Waals surface area contributed by atoms with Gasteiger partial charge >= 0.3 is 18.0 Å². The molecule has 3 rings (SSSR count). The summed E-state index contributed by atoms with van der Waals surface area (Å²) in [5.74, 6) is -2.70. The van der Waals surface area contributed by atoms with E-state index in [1.807, 2.05) is 0 Å². The second-order valence-electron chi connectivity index (χ2n) is 6.42. The van der Waals surface area contributed by atoms with Crippen LogP contribution in [0.4, 0.5) is 13.2 Å². The van der Waals surface area contributed by atoms with E-state index < -0.39 is 29.5 Å². The molecular weight excluding hydrogens is 367 g/mol. The van der Waals surface area contributed by atoms with Crippen molar-refractivity contribution in [1.29, 1.82) is 0 Å². The Morgan fingerprint density at radius 1 is 1.22 bits per heavy atom. The Balaban J connectivity index is 1.76. The van der Waals surface area contributed by atoms with Crippen LogP contribution in [0.2, 0.25) is 0 Å². The first-order valence-corrected chi connectivity index (χ1v) is 8.07. The molecule has 1 amide bonds. The topological polar surface area (TPSA) is 94.3 Å². The van der Waals surface area contributed by atoms with E-state index in [0.717, 1.165) is 12.8 Å². The van der Waals surface area contributed by atoms with Crippen LogP contribution in [-0.4, -0.2) is 34.7 Å². The lowest BCUT2D eigenvalue weighted by molar-refractivity contribution is -0.159. The van der Waals surface area contributed by atoms with E-state index >= 15 is 0 Å². The highest BCUT2D eigenvalue weighted by atomic mass is 19.4. The first kappa shape index (κ1) is 18.9. The molecule has 1 saturated carbocycles. The van der Waals surface area contributed by atoms with Crippen molar-refractivity contribution in [3.8, 4) is 11.4 Å². The van der Waals surface area contributed by atoms with E-state index in [9.17, 15) is 22.8 Å². The van der Waals surface area contributed by atoms with Gasteiger partial charge in [-0.1, -0.05) is 17.3 Å². The number of methoxy groups -OCH3 is 1. The Morgan fingerprint density at radius 3 is 2.33 bits per heavy atom. The highest BCUT2D eigenvalue weighted by Crippen LogP contribution is 2.40. The van der Waals surface area contributed by atoms with Crippen molar-refractivity contribution in [3.63, 3.8) is 0 Å². The first-order valence-electron chi connectivity index (χ1n) is 8.07. The monoisotopic (exact) mass is 383 g/mol. The molecule has 1 aliphatic carbocycles. The molecule has 0 unspecified atom stereocenters. The van der Waals surface area contributed by atoms with E-state index in [0.29, 0.717) is 0 Å². The van der Waals surface area contributed by atoms with Gasteiger partial charge in [-0.2, -0.15) is 18.2 Å². The maximum absolute atomic E-state index is 12.5. The molecule has 1 N–H and O–H groups in total. The number of benzene rings is 1. The number of alkyl halides is 3. The summed E-state index contributed by atoms with van der Waals surface area (Å²) in [6.45, 7) is 1.61. The predicted octanol–water partition coefficient (Wildman–Crippen LogP) is 2.83. The standard InChI is InChI=1S/C17H16F3N3O4/c1-16(11-7-8-11,15(25)26-2)22-13(24)10-5-3-9(4-6-10)12-21-14(27-23-12)17(18,19)20/h3-6,11H,7-8H2,1-2H3,(H,22,24)/t16-/m1/s1. The highest BCUT2D eigenvalue weighted by Gasteiger charge is 2.49. The second-order valence-corrected chi connectivity index (χ2v) is 6.42. The van der Waals surface area contributed by atoms with Crippen LogP contribution in [0.1, 0.15) is 36.0 Å². The molecule has 1 aromatic heterocycles. The number of amides is 1. The van der Waals surface area contributed by atoms with Crippen LogP contribution in [0.5, 0.6) is 0 Å². The minimum Gasteiger partial charge on any atom is -0.467 e. The summed E-state index contributed by atoms with van der Waals surface area (Å²) in [5.41, 5.74) is -0.641. The Kier molecular flexibility index (Phi) is 4.66. The van der Waals surface area contributed by atoms with Crippen molar-refractivity contribution in [2.75, 3.05) is 7.11 Å². The van der Waals surface area contributed by atoms with E-state index in [-0.39, 0.29) is 22.9 Å². The number of esters is 1. The van der Waals surface area contributed by atoms with Crippen LogP contribution in [0.25, 0.3) is 11.4 Å². The highest BCUT2D eigenvalue weighted by molar-refractivity contribution is 5.98. The molecular formula is C17H16F3N3O4. The molecule has 1 aromatic carbocycles. The van der Waals surface area contributed by atoms with Crippen molar-refractivity contribution < 1.29 is 32.0 Å². The molecule has 10 heteroatoms. The zero-order valence-corrected chi connectivity index (χ0v) is 14.5. The van der Waals surface area contributed by atoms with E-state index in [4.69, 9.17) is 4.74 Å². The minimum absolute atomic E-state index is 0.00768. The van der Waals surface area contributed by atoms with Crippen LogP contribution >= 0.6 is 0 Å². The molecule has 144 valence electrons. The first-order chi connectivity index (χ1) is 12.6. The lowest BCUT2D eigenvalue weighted by Crippen LogP contribution is -2.54. The van der Waals surface area contributed by atoms with E-state index in [1.165, 1.54) is 31.4 Å². The molecule has 1 aliphatic rings. The Labute approximate surface area is 151 Å². The Bertz CT molecular complexity index is 859. The van der Waals surface area contributed by atoms with Crippen LogP contribution < -0.4 is 5.32 Å². The molecule has 27 heavy (non-hydrogen) atoms. The van der Waals surface area contributed by atoms with Gasteiger partial charge in [0.1, 0.15) is 5.54 Å². The van der Waals surface area contributed by atoms with Crippen molar-refractivity contribution in [2.45, 2.75) is 31.5 Å². The van der Waals surface area contributed by atoms with Gasteiger partial charge in [-0.05, 0) is 37.8 Å². The number of halogens is 3. The summed E-state index contributed by atoms with van der Waals surface area (Å²) >= 11 is 0. The van der Waals surface area contributed by atoms with Crippen LogP contribution in [0.3, 0.4) is 0 Å². The van der Waals surface area contributed by atoms with Gasteiger partial charge in [0.15, 0.2) is 0 Å². The molecule has 1 fully saturated rings. The number of carbonyl (C=O) groups excluding carboxylic acids is 2. The molecule has 0 saturated heterocycles. The predicted molar refractivity (Wildman–Crippen MR) is 85.3 cm³/mol. The second kappa shape index (κ2) is 6.67. The maximum Gasteiger partial charge on any atom is 0.471 e. The molecule has 1 atom stereocenters. The summed E-state index contributed by atoms with van der Waals surface area (Å²) in [7, 11) is 1.25. The summed E-state index contributed by atoms with van der Waals surface area (Å²) < 4.78 is 46.5. The number of ether oxygens (including phenoxy) is 1.